The van der Waals surface area contributed by atoms with Crippen molar-refractivity contribution in [3.8, 4) is 0 Å². The highest BCUT2D eigenvalue weighted by Gasteiger charge is 2.42. The first kappa shape index (κ1) is 16.6. The fraction of sp³-hybridized carbons (Fsp3) is 0.455. The molecule has 2 fully saturated rings. The average molecular weight is 363 g/mol. The number of hydrogen-bond donors (Lipinski definition) is 0. The van der Waals surface area contributed by atoms with E-state index in [1.807, 2.05) is 34.1 Å². The molecular formula is C22H25N3O2. The van der Waals surface area contributed by atoms with Crippen LogP contribution in [0.2, 0.25) is 0 Å². The zero-order valence-electron chi connectivity index (χ0n) is 15.5. The predicted octanol–water partition coefficient (Wildman–Crippen LogP) is 2.82. The van der Waals surface area contributed by atoms with Gasteiger partial charge in [0.05, 0.1) is 6.04 Å². The van der Waals surface area contributed by atoms with Crippen LogP contribution in [0.3, 0.4) is 0 Å². The van der Waals surface area contributed by atoms with Crippen molar-refractivity contribution in [1.29, 1.82) is 0 Å². The van der Waals surface area contributed by atoms with Crippen LogP contribution >= 0.6 is 0 Å². The summed E-state index contributed by atoms with van der Waals surface area (Å²) in [5.41, 5.74) is 2.27. The third-order valence-corrected chi connectivity index (χ3v) is 5.98. The van der Waals surface area contributed by atoms with Gasteiger partial charge in [-0.25, -0.2) is 0 Å². The van der Waals surface area contributed by atoms with E-state index in [1.165, 1.54) is 0 Å². The van der Waals surface area contributed by atoms with Crippen LogP contribution in [0, 0.1) is 5.92 Å². The molecule has 5 nitrogen and oxygen atoms in total. The number of benzene rings is 1. The summed E-state index contributed by atoms with van der Waals surface area (Å²) in [4.78, 5) is 29.8. The number of rotatable bonds is 5. The minimum absolute atomic E-state index is 0.0669. The Bertz CT molecular complexity index is 851. The van der Waals surface area contributed by atoms with Gasteiger partial charge in [-0.3, -0.25) is 9.59 Å². The van der Waals surface area contributed by atoms with Crippen LogP contribution < -0.4 is 0 Å². The third kappa shape index (κ3) is 3.15. The summed E-state index contributed by atoms with van der Waals surface area (Å²) in [7, 11) is 0. The standard InChI is InChI=1S/C22H25N3O2/c26-20(15-25(18-10-11-18)22(27)17-8-9-17)24-14-13-23-12-4-7-19(23)21(24)16-5-2-1-3-6-16/h1-7,12,17-18,21H,8-11,13-15H2. The van der Waals surface area contributed by atoms with Gasteiger partial charge >= 0.3 is 0 Å². The van der Waals surface area contributed by atoms with E-state index in [4.69, 9.17) is 0 Å². The second kappa shape index (κ2) is 6.55. The Hall–Kier alpha value is -2.56. The summed E-state index contributed by atoms with van der Waals surface area (Å²) >= 11 is 0. The molecule has 140 valence electrons. The first-order chi connectivity index (χ1) is 13.2. The lowest BCUT2D eigenvalue weighted by Crippen LogP contribution is -2.48. The lowest BCUT2D eigenvalue weighted by molar-refractivity contribution is -0.143. The van der Waals surface area contributed by atoms with Crippen LogP contribution in [0.5, 0.6) is 0 Å². The van der Waals surface area contributed by atoms with E-state index in [-0.39, 0.29) is 36.4 Å². The summed E-state index contributed by atoms with van der Waals surface area (Å²) in [6.07, 6.45) is 6.13. The van der Waals surface area contributed by atoms with Crippen molar-refractivity contribution < 1.29 is 9.59 Å². The highest BCUT2D eigenvalue weighted by Crippen LogP contribution is 2.37. The van der Waals surface area contributed by atoms with Crippen LogP contribution in [-0.2, 0) is 16.1 Å². The molecule has 2 amide bonds. The molecule has 0 radical (unpaired) electrons. The topological polar surface area (TPSA) is 45.6 Å². The molecule has 2 aromatic rings. The maximum atomic E-state index is 13.3. The Morgan fingerprint density at radius 1 is 0.963 bits per heavy atom. The van der Waals surface area contributed by atoms with Gasteiger partial charge in [0.2, 0.25) is 11.8 Å². The second-order valence-electron chi connectivity index (χ2n) is 8.00. The highest BCUT2D eigenvalue weighted by atomic mass is 16.2. The fourth-order valence-electron chi connectivity index (χ4n) is 4.21. The van der Waals surface area contributed by atoms with Crippen LogP contribution in [0.25, 0.3) is 0 Å². The number of carbonyl (C=O) groups is 2. The Morgan fingerprint density at radius 3 is 2.44 bits per heavy atom. The Balaban J connectivity index is 1.42. The highest BCUT2D eigenvalue weighted by molar-refractivity contribution is 5.88. The molecule has 2 heterocycles. The maximum Gasteiger partial charge on any atom is 0.243 e. The summed E-state index contributed by atoms with van der Waals surface area (Å²) in [6, 6.07) is 14.6. The van der Waals surface area contributed by atoms with Gasteiger partial charge in [-0.05, 0) is 43.4 Å². The molecule has 1 aromatic carbocycles. The van der Waals surface area contributed by atoms with Gasteiger partial charge < -0.3 is 14.4 Å². The largest absolute Gasteiger partial charge is 0.348 e. The first-order valence-corrected chi connectivity index (χ1v) is 10.0. The molecule has 27 heavy (non-hydrogen) atoms. The summed E-state index contributed by atoms with van der Waals surface area (Å²) < 4.78 is 2.23. The Kier molecular flexibility index (Phi) is 4.03. The van der Waals surface area contributed by atoms with E-state index < -0.39 is 0 Å². The molecule has 5 rings (SSSR count). The van der Waals surface area contributed by atoms with Crippen molar-refractivity contribution in [2.24, 2.45) is 5.92 Å². The number of aromatic nitrogens is 1. The van der Waals surface area contributed by atoms with Crippen LogP contribution in [0.15, 0.2) is 48.7 Å². The Labute approximate surface area is 159 Å². The van der Waals surface area contributed by atoms with Gasteiger partial charge in [-0.2, -0.15) is 0 Å². The van der Waals surface area contributed by atoms with Crippen molar-refractivity contribution in [2.75, 3.05) is 13.1 Å². The van der Waals surface area contributed by atoms with Crippen LogP contribution in [-0.4, -0.2) is 45.3 Å². The SMILES string of the molecule is O=C(C1CC1)N(CC(=O)N1CCn2cccc2C1c1ccccc1)C1CC1. The van der Waals surface area contributed by atoms with Crippen molar-refractivity contribution in [1.82, 2.24) is 14.4 Å². The number of hydrogen-bond acceptors (Lipinski definition) is 2. The van der Waals surface area contributed by atoms with Crippen molar-refractivity contribution in [2.45, 2.75) is 44.3 Å². The van der Waals surface area contributed by atoms with Gasteiger partial charge in [0.25, 0.3) is 0 Å². The second-order valence-corrected chi connectivity index (χ2v) is 8.00. The molecule has 1 aromatic heterocycles. The minimum atomic E-state index is -0.0838. The normalized spacial score (nSPS) is 21.6. The van der Waals surface area contributed by atoms with E-state index in [2.05, 4.69) is 29.0 Å². The monoisotopic (exact) mass is 363 g/mol. The quantitative estimate of drug-likeness (QED) is 0.820. The maximum absolute atomic E-state index is 13.3. The number of carbonyl (C=O) groups excluding carboxylic acids is 2. The molecule has 1 unspecified atom stereocenters. The average Bonchev–Trinajstić information content (AvgIpc) is 3.62. The number of nitrogens with zero attached hydrogens (tertiary/aromatic N) is 3. The third-order valence-electron chi connectivity index (χ3n) is 5.98. The van der Waals surface area contributed by atoms with Crippen molar-refractivity contribution in [3.63, 3.8) is 0 Å². The number of amides is 2. The van der Waals surface area contributed by atoms with E-state index in [1.54, 1.807) is 0 Å². The first-order valence-electron chi connectivity index (χ1n) is 10.0. The molecule has 2 saturated carbocycles. The molecule has 2 aliphatic carbocycles. The van der Waals surface area contributed by atoms with E-state index in [9.17, 15) is 9.59 Å². The molecule has 0 bridgehead atoms. The van der Waals surface area contributed by atoms with E-state index in [0.29, 0.717) is 6.54 Å². The van der Waals surface area contributed by atoms with Crippen LogP contribution in [0.4, 0.5) is 0 Å². The molecule has 1 atom stereocenters. The van der Waals surface area contributed by atoms with Gasteiger partial charge in [0.1, 0.15) is 6.54 Å². The predicted molar refractivity (Wildman–Crippen MR) is 102 cm³/mol. The molecular weight excluding hydrogens is 338 g/mol. The molecule has 0 saturated heterocycles. The van der Waals surface area contributed by atoms with Gasteiger partial charge in [-0.15, -0.1) is 0 Å². The lowest BCUT2D eigenvalue weighted by atomic mass is 10.00. The van der Waals surface area contributed by atoms with E-state index in [0.717, 1.165) is 43.5 Å². The molecule has 0 N–H and O–H groups in total. The summed E-state index contributed by atoms with van der Waals surface area (Å²) in [6.45, 7) is 1.71. The molecule has 3 aliphatic rings. The lowest BCUT2D eigenvalue weighted by Gasteiger charge is -2.38. The van der Waals surface area contributed by atoms with Gasteiger partial charge in [0, 0.05) is 36.9 Å². The zero-order valence-corrected chi connectivity index (χ0v) is 15.5. The molecule has 0 spiro atoms. The molecule has 1 aliphatic heterocycles. The minimum Gasteiger partial charge on any atom is -0.348 e. The zero-order chi connectivity index (χ0) is 18.4. The van der Waals surface area contributed by atoms with Crippen LogP contribution in [0.1, 0.15) is 43.0 Å². The van der Waals surface area contributed by atoms with E-state index >= 15 is 0 Å². The summed E-state index contributed by atoms with van der Waals surface area (Å²) in [5.74, 6) is 0.432. The number of fused-ring (bicyclic) bond motifs is 1. The smallest absolute Gasteiger partial charge is 0.243 e. The summed E-state index contributed by atoms with van der Waals surface area (Å²) in [5, 5.41) is 0. The Morgan fingerprint density at radius 2 is 1.74 bits per heavy atom. The van der Waals surface area contributed by atoms with Gasteiger partial charge in [-0.1, -0.05) is 30.3 Å². The van der Waals surface area contributed by atoms with Crippen molar-refractivity contribution >= 4 is 11.8 Å². The fourth-order valence-corrected chi connectivity index (χ4v) is 4.21. The molecule has 5 heteroatoms. The van der Waals surface area contributed by atoms with Crippen molar-refractivity contribution in [3.05, 3.63) is 59.9 Å². The van der Waals surface area contributed by atoms with Gasteiger partial charge in [0.15, 0.2) is 0 Å².